The summed E-state index contributed by atoms with van der Waals surface area (Å²) in [5.74, 6) is 0.421. The Hall–Kier alpha value is -2.24. The second kappa shape index (κ2) is 4.79. The summed E-state index contributed by atoms with van der Waals surface area (Å²) >= 11 is 0. The van der Waals surface area contributed by atoms with Gasteiger partial charge >= 0.3 is 0 Å². The SMILES string of the molecule is Nc1cc2cn[nH]c2cc1NCCNC(=O)C1CC1. The van der Waals surface area contributed by atoms with E-state index in [9.17, 15) is 4.79 Å². The third-order valence-corrected chi connectivity index (χ3v) is 3.30. The Balaban J connectivity index is 1.55. The van der Waals surface area contributed by atoms with Gasteiger partial charge in [-0.1, -0.05) is 0 Å². The second-order valence-electron chi connectivity index (χ2n) is 4.89. The number of nitrogens with zero attached hydrogens (tertiary/aromatic N) is 1. The second-order valence-corrected chi connectivity index (χ2v) is 4.89. The van der Waals surface area contributed by atoms with Crippen LogP contribution in [0.5, 0.6) is 0 Å². The Morgan fingerprint density at radius 3 is 3.05 bits per heavy atom. The lowest BCUT2D eigenvalue weighted by Gasteiger charge is -2.10. The maximum Gasteiger partial charge on any atom is 0.223 e. The predicted molar refractivity (Wildman–Crippen MR) is 74.7 cm³/mol. The summed E-state index contributed by atoms with van der Waals surface area (Å²) in [6, 6.07) is 3.81. The lowest BCUT2D eigenvalue weighted by Crippen LogP contribution is -2.29. The van der Waals surface area contributed by atoms with Gasteiger partial charge in [0.1, 0.15) is 0 Å². The highest BCUT2D eigenvalue weighted by atomic mass is 16.2. The minimum Gasteiger partial charge on any atom is -0.397 e. The van der Waals surface area contributed by atoms with Crippen LogP contribution in [-0.2, 0) is 4.79 Å². The highest BCUT2D eigenvalue weighted by Gasteiger charge is 2.28. The number of amides is 1. The number of carbonyl (C=O) groups is 1. The lowest BCUT2D eigenvalue weighted by molar-refractivity contribution is -0.122. The van der Waals surface area contributed by atoms with Crippen molar-refractivity contribution < 1.29 is 4.79 Å². The molecule has 1 heterocycles. The first kappa shape index (κ1) is 11.8. The summed E-state index contributed by atoms with van der Waals surface area (Å²) in [6.07, 6.45) is 3.80. The summed E-state index contributed by atoms with van der Waals surface area (Å²) in [5.41, 5.74) is 8.44. The van der Waals surface area contributed by atoms with Crippen LogP contribution in [0.2, 0.25) is 0 Å². The van der Waals surface area contributed by atoms with Gasteiger partial charge < -0.3 is 16.4 Å². The van der Waals surface area contributed by atoms with Gasteiger partial charge in [-0.3, -0.25) is 9.89 Å². The number of nitrogens with two attached hydrogens (primary N) is 1. The van der Waals surface area contributed by atoms with Gasteiger partial charge in [0, 0.05) is 24.4 Å². The van der Waals surface area contributed by atoms with E-state index in [0.29, 0.717) is 18.8 Å². The molecule has 2 aromatic rings. The van der Waals surface area contributed by atoms with Gasteiger partial charge in [0.2, 0.25) is 5.91 Å². The van der Waals surface area contributed by atoms with E-state index >= 15 is 0 Å². The van der Waals surface area contributed by atoms with Crippen molar-refractivity contribution in [3.63, 3.8) is 0 Å². The van der Waals surface area contributed by atoms with Crippen molar-refractivity contribution in [1.29, 1.82) is 0 Å². The molecule has 1 aliphatic rings. The molecule has 6 nitrogen and oxygen atoms in total. The standard InChI is InChI=1S/C13H17N5O/c14-10-5-9-7-17-18-11(9)6-12(10)15-3-4-16-13(19)8-1-2-8/h5-8,15H,1-4,14H2,(H,16,19)(H,17,18). The first-order valence-corrected chi connectivity index (χ1v) is 6.48. The predicted octanol–water partition coefficient (Wildman–Crippen LogP) is 1.08. The van der Waals surface area contributed by atoms with Crippen LogP contribution in [0.15, 0.2) is 18.3 Å². The molecule has 1 aromatic carbocycles. The van der Waals surface area contributed by atoms with Gasteiger partial charge in [0.05, 0.1) is 23.1 Å². The summed E-state index contributed by atoms with van der Waals surface area (Å²) < 4.78 is 0. The van der Waals surface area contributed by atoms with Gasteiger partial charge in [0.25, 0.3) is 0 Å². The lowest BCUT2D eigenvalue weighted by atomic mass is 10.2. The molecule has 19 heavy (non-hydrogen) atoms. The number of benzene rings is 1. The molecule has 1 fully saturated rings. The fraction of sp³-hybridized carbons (Fsp3) is 0.385. The molecule has 5 N–H and O–H groups in total. The zero-order chi connectivity index (χ0) is 13.2. The first-order valence-electron chi connectivity index (χ1n) is 6.48. The number of hydrogen-bond acceptors (Lipinski definition) is 4. The Bertz CT molecular complexity index is 602. The van der Waals surface area contributed by atoms with E-state index in [1.165, 1.54) is 0 Å². The minimum atomic E-state index is 0.166. The number of aromatic nitrogens is 2. The average Bonchev–Trinajstić information content (AvgIpc) is 3.15. The number of nitrogens with one attached hydrogen (secondary N) is 3. The van der Waals surface area contributed by atoms with Crippen LogP contribution in [0.3, 0.4) is 0 Å². The summed E-state index contributed by atoms with van der Waals surface area (Å²) in [7, 11) is 0. The van der Waals surface area contributed by atoms with Crippen LogP contribution in [0, 0.1) is 5.92 Å². The zero-order valence-corrected chi connectivity index (χ0v) is 10.6. The topological polar surface area (TPSA) is 95.8 Å². The number of H-pyrrole nitrogens is 1. The maximum atomic E-state index is 11.4. The average molecular weight is 259 g/mol. The van der Waals surface area contributed by atoms with Crippen LogP contribution < -0.4 is 16.4 Å². The molecule has 0 saturated heterocycles. The van der Waals surface area contributed by atoms with Crippen LogP contribution in [0.25, 0.3) is 10.9 Å². The molecule has 0 unspecified atom stereocenters. The number of nitrogen functional groups attached to an aromatic ring is 1. The number of fused-ring (bicyclic) bond motifs is 1. The molecule has 100 valence electrons. The van der Waals surface area contributed by atoms with Gasteiger partial charge in [-0.05, 0) is 25.0 Å². The van der Waals surface area contributed by atoms with Crippen LogP contribution in [-0.4, -0.2) is 29.2 Å². The fourth-order valence-electron chi connectivity index (χ4n) is 2.03. The molecule has 0 aliphatic heterocycles. The molecule has 3 rings (SSSR count). The van der Waals surface area contributed by atoms with Gasteiger partial charge in [-0.15, -0.1) is 0 Å². The number of hydrogen-bond donors (Lipinski definition) is 4. The molecule has 1 aromatic heterocycles. The molecule has 1 amide bonds. The largest absolute Gasteiger partial charge is 0.397 e. The Labute approximate surface area is 110 Å². The highest BCUT2D eigenvalue weighted by molar-refractivity contribution is 5.88. The fourth-order valence-corrected chi connectivity index (χ4v) is 2.03. The molecule has 0 spiro atoms. The van der Waals surface area contributed by atoms with Crippen molar-refractivity contribution >= 4 is 28.2 Å². The monoisotopic (exact) mass is 259 g/mol. The highest BCUT2D eigenvalue weighted by Crippen LogP contribution is 2.28. The van der Waals surface area contributed by atoms with Crippen molar-refractivity contribution in [3.8, 4) is 0 Å². The Morgan fingerprint density at radius 1 is 1.42 bits per heavy atom. The van der Waals surface area contributed by atoms with Crippen molar-refractivity contribution in [2.45, 2.75) is 12.8 Å². The number of aromatic amines is 1. The summed E-state index contributed by atoms with van der Waals surface area (Å²) in [4.78, 5) is 11.4. The van der Waals surface area contributed by atoms with Crippen LogP contribution >= 0.6 is 0 Å². The normalized spacial score (nSPS) is 14.5. The third kappa shape index (κ3) is 2.62. The summed E-state index contributed by atoms with van der Waals surface area (Å²) in [5, 5.41) is 14.0. The smallest absolute Gasteiger partial charge is 0.223 e. The molecular weight excluding hydrogens is 242 g/mol. The third-order valence-electron chi connectivity index (χ3n) is 3.30. The van der Waals surface area contributed by atoms with E-state index < -0.39 is 0 Å². The molecule has 0 atom stereocenters. The van der Waals surface area contributed by atoms with Gasteiger partial charge in [-0.2, -0.15) is 5.10 Å². The minimum absolute atomic E-state index is 0.166. The van der Waals surface area contributed by atoms with E-state index in [1.807, 2.05) is 12.1 Å². The first-order chi connectivity index (χ1) is 9.24. The van der Waals surface area contributed by atoms with Crippen LogP contribution in [0.4, 0.5) is 11.4 Å². The molecule has 1 aliphatic carbocycles. The quantitative estimate of drug-likeness (QED) is 0.477. The molecule has 0 bridgehead atoms. The maximum absolute atomic E-state index is 11.4. The van der Waals surface area contributed by atoms with E-state index in [1.54, 1.807) is 6.20 Å². The van der Waals surface area contributed by atoms with Crippen LogP contribution in [0.1, 0.15) is 12.8 Å². The summed E-state index contributed by atoms with van der Waals surface area (Å²) in [6.45, 7) is 1.26. The molecule has 6 heteroatoms. The van der Waals surface area contributed by atoms with Gasteiger partial charge in [-0.25, -0.2) is 0 Å². The number of anilines is 2. The van der Waals surface area contributed by atoms with Crippen molar-refractivity contribution in [2.24, 2.45) is 5.92 Å². The molecular formula is C13H17N5O. The molecule has 1 saturated carbocycles. The number of carbonyl (C=O) groups excluding carboxylic acids is 1. The van der Waals surface area contributed by atoms with E-state index in [2.05, 4.69) is 20.8 Å². The van der Waals surface area contributed by atoms with E-state index in [4.69, 9.17) is 5.73 Å². The van der Waals surface area contributed by atoms with E-state index in [-0.39, 0.29) is 11.8 Å². The Morgan fingerprint density at radius 2 is 2.26 bits per heavy atom. The van der Waals surface area contributed by atoms with Crippen molar-refractivity contribution in [1.82, 2.24) is 15.5 Å². The van der Waals surface area contributed by atoms with Gasteiger partial charge in [0.15, 0.2) is 0 Å². The zero-order valence-electron chi connectivity index (χ0n) is 10.6. The molecule has 0 radical (unpaired) electrons. The van der Waals surface area contributed by atoms with E-state index in [0.717, 1.165) is 29.4 Å². The number of rotatable bonds is 5. The van der Waals surface area contributed by atoms with Crippen molar-refractivity contribution in [2.75, 3.05) is 24.1 Å². The van der Waals surface area contributed by atoms with Crippen molar-refractivity contribution in [3.05, 3.63) is 18.3 Å². The Kier molecular flexibility index (Phi) is 2.98.